The van der Waals surface area contributed by atoms with Crippen LogP contribution in [0.4, 0.5) is 4.39 Å². The number of hydrogen-bond acceptors (Lipinski definition) is 3. The maximum Gasteiger partial charge on any atom is 0.262 e. The minimum atomic E-state index is -0.329. The van der Waals surface area contributed by atoms with Crippen molar-refractivity contribution in [1.29, 1.82) is 0 Å². The van der Waals surface area contributed by atoms with E-state index in [1.165, 1.54) is 34.5 Å². The van der Waals surface area contributed by atoms with Crippen LogP contribution in [0.2, 0.25) is 0 Å². The van der Waals surface area contributed by atoms with Crippen LogP contribution in [-0.2, 0) is 9.59 Å². The summed E-state index contributed by atoms with van der Waals surface area (Å²) in [6.45, 7) is 5.44. The number of benzene rings is 2. The summed E-state index contributed by atoms with van der Waals surface area (Å²) in [5, 5.41) is 6.02. The van der Waals surface area contributed by atoms with Gasteiger partial charge < -0.3 is 4.90 Å². The van der Waals surface area contributed by atoms with Gasteiger partial charge in [-0.2, -0.15) is 5.10 Å². The molecule has 3 rings (SSSR count). The summed E-state index contributed by atoms with van der Waals surface area (Å²) in [7, 11) is 1.58. The molecule has 2 aromatic carbocycles. The van der Waals surface area contributed by atoms with E-state index in [0.717, 1.165) is 22.4 Å². The molecular weight excluding hydrogens is 357 g/mol. The van der Waals surface area contributed by atoms with Crippen LogP contribution in [0.25, 0.3) is 0 Å². The molecule has 0 aliphatic carbocycles. The number of carbonyl (C=O) groups is 2. The molecule has 0 spiro atoms. The van der Waals surface area contributed by atoms with Crippen molar-refractivity contribution in [2.24, 2.45) is 5.10 Å². The topological polar surface area (TPSA) is 53.0 Å². The SMILES string of the molecule is CC(=O)N(C)CC(=O)N1N=C(c2ccc(C)c(C)c2)C[C@H]1c1ccc(F)cc1. The largest absolute Gasteiger partial charge is 0.337 e. The molecule has 146 valence electrons. The van der Waals surface area contributed by atoms with Crippen molar-refractivity contribution < 1.29 is 14.0 Å². The Morgan fingerprint density at radius 1 is 1.14 bits per heavy atom. The molecule has 0 unspecified atom stereocenters. The van der Waals surface area contributed by atoms with Gasteiger partial charge in [0.15, 0.2) is 0 Å². The highest BCUT2D eigenvalue weighted by Crippen LogP contribution is 2.33. The first-order chi connectivity index (χ1) is 13.3. The van der Waals surface area contributed by atoms with Crippen LogP contribution in [0, 0.1) is 19.7 Å². The first-order valence-electron chi connectivity index (χ1n) is 9.20. The summed E-state index contributed by atoms with van der Waals surface area (Å²) in [6.07, 6.45) is 0.531. The molecule has 0 aromatic heterocycles. The van der Waals surface area contributed by atoms with Crippen molar-refractivity contribution in [3.05, 3.63) is 70.5 Å². The summed E-state index contributed by atoms with van der Waals surface area (Å²) < 4.78 is 13.4. The van der Waals surface area contributed by atoms with Crippen LogP contribution >= 0.6 is 0 Å². The number of aryl methyl sites for hydroxylation is 2. The quantitative estimate of drug-likeness (QED) is 0.813. The molecule has 1 atom stereocenters. The van der Waals surface area contributed by atoms with Crippen molar-refractivity contribution in [2.75, 3.05) is 13.6 Å². The number of carbonyl (C=O) groups excluding carboxylic acids is 2. The molecule has 0 fully saturated rings. The third kappa shape index (κ3) is 4.11. The van der Waals surface area contributed by atoms with Gasteiger partial charge in [0.2, 0.25) is 5.91 Å². The predicted molar refractivity (Wildman–Crippen MR) is 106 cm³/mol. The standard InChI is InChI=1S/C22H24FN3O2/c1-14-5-6-18(11-15(14)2)20-12-21(17-7-9-19(23)10-8-17)26(24-20)22(28)13-25(4)16(3)27/h5-11,21H,12-13H2,1-4H3/t21-/m0/s1. The maximum atomic E-state index is 13.4. The summed E-state index contributed by atoms with van der Waals surface area (Å²) in [5.41, 5.74) is 4.91. The molecule has 0 radical (unpaired) electrons. The molecule has 0 N–H and O–H groups in total. The summed E-state index contributed by atoms with van der Waals surface area (Å²) in [4.78, 5) is 25.7. The summed E-state index contributed by atoms with van der Waals surface area (Å²) in [6, 6.07) is 11.9. The first kappa shape index (κ1) is 19.7. The van der Waals surface area contributed by atoms with E-state index < -0.39 is 0 Å². The molecule has 0 bridgehead atoms. The fraction of sp³-hybridized carbons (Fsp3) is 0.318. The highest BCUT2D eigenvalue weighted by Gasteiger charge is 2.33. The van der Waals surface area contributed by atoms with E-state index in [2.05, 4.69) is 11.2 Å². The van der Waals surface area contributed by atoms with Crippen molar-refractivity contribution >= 4 is 17.5 Å². The minimum absolute atomic E-state index is 0.0588. The van der Waals surface area contributed by atoms with E-state index >= 15 is 0 Å². The number of nitrogens with zero attached hydrogens (tertiary/aromatic N) is 3. The molecule has 28 heavy (non-hydrogen) atoms. The highest BCUT2D eigenvalue weighted by molar-refractivity contribution is 6.03. The van der Waals surface area contributed by atoms with Crippen molar-refractivity contribution in [2.45, 2.75) is 33.2 Å². The Labute approximate surface area is 164 Å². The van der Waals surface area contributed by atoms with E-state index in [1.807, 2.05) is 26.0 Å². The maximum absolute atomic E-state index is 13.4. The number of hydrazone groups is 1. The minimum Gasteiger partial charge on any atom is -0.337 e. The zero-order valence-corrected chi connectivity index (χ0v) is 16.6. The van der Waals surface area contributed by atoms with Crippen molar-refractivity contribution in [1.82, 2.24) is 9.91 Å². The second-order valence-corrected chi connectivity index (χ2v) is 7.23. The van der Waals surface area contributed by atoms with Crippen LogP contribution in [0.15, 0.2) is 47.6 Å². The average Bonchev–Trinajstić information content (AvgIpc) is 3.10. The second kappa shape index (κ2) is 7.92. The molecule has 0 saturated carbocycles. The fourth-order valence-corrected chi connectivity index (χ4v) is 3.17. The Morgan fingerprint density at radius 3 is 2.43 bits per heavy atom. The van der Waals surface area contributed by atoms with Crippen LogP contribution in [0.3, 0.4) is 0 Å². The van der Waals surface area contributed by atoms with E-state index in [9.17, 15) is 14.0 Å². The van der Waals surface area contributed by atoms with Gasteiger partial charge in [0, 0.05) is 20.4 Å². The monoisotopic (exact) mass is 381 g/mol. The molecular formula is C22H24FN3O2. The van der Waals surface area contributed by atoms with Gasteiger partial charge in [-0.05, 0) is 54.3 Å². The average molecular weight is 381 g/mol. The predicted octanol–water partition coefficient (Wildman–Crippen LogP) is 3.60. The number of rotatable bonds is 4. The summed E-state index contributed by atoms with van der Waals surface area (Å²) >= 11 is 0. The van der Waals surface area contributed by atoms with Crippen molar-refractivity contribution in [3.63, 3.8) is 0 Å². The molecule has 1 heterocycles. The Kier molecular flexibility index (Phi) is 5.58. The zero-order valence-electron chi connectivity index (χ0n) is 16.6. The molecule has 1 aliphatic heterocycles. The highest BCUT2D eigenvalue weighted by atomic mass is 19.1. The lowest BCUT2D eigenvalue weighted by molar-refractivity contribution is -0.139. The Morgan fingerprint density at radius 2 is 1.82 bits per heavy atom. The second-order valence-electron chi connectivity index (χ2n) is 7.23. The molecule has 0 saturated heterocycles. The molecule has 1 aliphatic rings. The lowest BCUT2D eigenvalue weighted by Gasteiger charge is -2.24. The molecule has 2 aromatic rings. The van der Waals surface area contributed by atoms with Gasteiger partial charge in [0.05, 0.1) is 11.8 Å². The third-order valence-corrected chi connectivity index (χ3v) is 5.17. The third-order valence-electron chi connectivity index (χ3n) is 5.17. The number of amides is 2. The molecule has 5 nitrogen and oxygen atoms in total. The van der Waals surface area contributed by atoms with E-state index in [4.69, 9.17) is 0 Å². The normalized spacial score (nSPS) is 16.1. The Balaban J connectivity index is 1.94. The zero-order chi connectivity index (χ0) is 20.4. The van der Waals surface area contributed by atoms with Crippen molar-refractivity contribution in [3.8, 4) is 0 Å². The van der Waals surface area contributed by atoms with Gasteiger partial charge in [0.1, 0.15) is 12.4 Å². The lowest BCUT2D eigenvalue weighted by atomic mass is 9.96. The lowest BCUT2D eigenvalue weighted by Crippen LogP contribution is -2.38. The van der Waals surface area contributed by atoms with Crippen LogP contribution in [-0.4, -0.2) is 41.0 Å². The van der Waals surface area contributed by atoms with Gasteiger partial charge in [0.25, 0.3) is 5.91 Å². The van der Waals surface area contributed by atoms with Crippen LogP contribution in [0.5, 0.6) is 0 Å². The Bertz CT molecular complexity index is 937. The first-order valence-corrected chi connectivity index (χ1v) is 9.20. The van der Waals surface area contributed by atoms with Crippen LogP contribution in [0.1, 0.15) is 41.6 Å². The number of halogens is 1. The van der Waals surface area contributed by atoms with Gasteiger partial charge in [-0.15, -0.1) is 0 Å². The van der Waals surface area contributed by atoms with Crippen LogP contribution < -0.4 is 0 Å². The number of likely N-dealkylation sites (N-methyl/N-ethyl adjacent to an activating group) is 1. The van der Waals surface area contributed by atoms with Gasteiger partial charge in [-0.3, -0.25) is 9.59 Å². The van der Waals surface area contributed by atoms with E-state index in [0.29, 0.717) is 6.42 Å². The van der Waals surface area contributed by atoms with E-state index in [1.54, 1.807) is 19.2 Å². The molecule has 2 amide bonds. The Hall–Kier alpha value is -3.02. The fourth-order valence-electron chi connectivity index (χ4n) is 3.17. The smallest absolute Gasteiger partial charge is 0.262 e. The van der Waals surface area contributed by atoms with E-state index in [-0.39, 0.29) is 30.2 Å². The summed E-state index contributed by atoms with van der Waals surface area (Å²) in [5.74, 6) is -0.790. The molecule has 6 heteroatoms. The van der Waals surface area contributed by atoms with Gasteiger partial charge >= 0.3 is 0 Å². The van der Waals surface area contributed by atoms with Gasteiger partial charge in [-0.25, -0.2) is 9.40 Å². The number of hydrogen-bond donors (Lipinski definition) is 0. The van der Waals surface area contributed by atoms with Gasteiger partial charge in [-0.1, -0.05) is 24.3 Å².